The van der Waals surface area contributed by atoms with Crippen molar-refractivity contribution in [3.63, 3.8) is 0 Å². The van der Waals surface area contributed by atoms with Gasteiger partial charge in [0.2, 0.25) is 0 Å². The maximum Gasteiger partial charge on any atom is 0.193 e. The molecule has 60 valence electrons. The fourth-order valence-electron chi connectivity index (χ4n) is 0.811. The van der Waals surface area contributed by atoms with Crippen LogP contribution in [0, 0.1) is 0 Å². The Kier molecular flexibility index (Phi) is 2.48. The number of hydrogen-bond acceptors (Lipinski definition) is 3. The van der Waals surface area contributed by atoms with Crippen LogP contribution in [0.1, 0.15) is 12.6 Å². The molecule has 0 aromatic carbocycles. The molecular formula is C6H8ClN3O. The van der Waals surface area contributed by atoms with E-state index in [1.165, 1.54) is 0 Å². The van der Waals surface area contributed by atoms with E-state index in [1.807, 2.05) is 6.92 Å². The van der Waals surface area contributed by atoms with E-state index in [0.717, 1.165) is 0 Å². The van der Waals surface area contributed by atoms with Gasteiger partial charge in [0.15, 0.2) is 5.17 Å². The van der Waals surface area contributed by atoms with Crippen LogP contribution in [0.2, 0.25) is 0 Å². The van der Waals surface area contributed by atoms with Gasteiger partial charge in [-0.2, -0.15) is 5.10 Å². The first kappa shape index (κ1) is 8.07. The molecule has 0 saturated heterocycles. The van der Waals surface area contributed by atoms with Gasteiger partial charge in [0, 0.05) is 12.7 Å². The smallest absolute Gasteiger partial charge is 0.193 e. The lowest BCUT2D eigenvalue weighted by Gasteiger charge is -1.99. The van der Waals surface area contributed by atoms with Crippen molar-refractivity contribution in [1.82, 2.24) is 9.78 Å². The molecule has 5 heteroatoms. The molecule has 1 heterocycles. The van der Waals surface area contributed by atoms with Crippen molar-refractivity contribution >= 4 is 16.8 Å². The second kappa shape index (κ2) is 3.39. The van der Waals surface area contributed by atoms with E-state index in [0.29, 0.717) is 12.2 Å². The Bertz CT molecular complexity index is 269. The van der Waals surface area contributed by atoms with Gasteiger partial charge in [-0.3, -0.25) is 4.68 Å². The summed E-state index contributed by atoms with van der Waals surface area (Å²) in [6.07, 6.45) is 1.60. The first-order chi connectivity index (χ1) is 5.29. The van der Waals surface area contributed by atoms with Crippen LogP contribution in [0.15, 0.2) is 17.4 Å². The second-order valence-electron chi connectivity index (χ2n) is 1.92. The highest BCUT2D eigenvalue weighted by Gasteiger charge is 2.05. The van der Waals surface area contributed by atoms with Crippen LogP contribution < -0.4 is 0 Å². The monoisotopic (exact) mass is 173 g/mol. The molecule has 1 aromatic rings. The average molecular weight is 174 g/mol. The molecule has 0 atom stereocenters. The zero-order valence-electron chi connectivity index (χ0n) is 6.03. The number of hydrogen-bond donors (Lipinski definition) is 1. The first-order valence-corrected chi connectivity index (χ1v) is 3.57. The summed E-state index contributed by atoms with van der Waals surface area (Å²) < 4.78 is 1.64. The molecule has 0 saturated carbocycles. The van der Waals surface area contributed by atoms with Gasteiger partial charge < -0.3 is 5.21 Å². The minimum Gasteiger partial charge on any atom is -0.410 e. The summed E-state index contributed by atoms with van der Waals surface area (Å²) in [6.45, 7) is 2.63. The van der Waals surface area contributed by atoms with Gasteiger partial charge in [0.1, 0.15) is 5.69 Å². The van der Waals surface area contributed by atoms with E-state index in [1.54, 1.807) is 16.9 Å². The molecule has 0 aliphatic heterocycles. The predicted molar refractivity (Wildman–Crippen MR) is 42.1 cm³/mol. The Balaban J connectivity index is 3.02. The minimum atomic E-state index is 0.0596. The van der Waals surface area contributed by atoms with Crippen molar-refractivity contribution in [3.05, 3.63) is 18.0 Å². The lowest BCUT2D eigenvalue weighted by atomic mass is 10.4. The van der Waals surface area contributed by atoms with Gasteiger partial charge in [0.05, 0.1) is 0 Å². The summed E-state index contributed by atoms with van der Waals surface area (Å²) in [5.74, 6) is 0. The molecule has 0 radical (unpaired) electrons. The summed E-state index contributed by atoms with van der Waals surface area (Å²) in [6, 6.07) is 1.69. The average Bonchev–Trinajstić information content (AvgIpc) is 2.50. The van der Waals surface area contributed by atoms with E-state index < -0.39 is 0 Å². The molecule has 0 aliphatic carbocycles. The van der Waals surface area contributed by atoms with Gasteiger partial charge in [-0.25, -0.2) is 0 Å². The molecular weight excluding hydrogens is 166 g/mol. The van der Waals surface area contributed by atoms with Crippen LogP contribution >= 0.6 is 11.6 Å². The molecule has 0 spiro atoms. The SMILES string of the molecule is CCn1nccc1/C(Cl)=N/O. The van der Waals surface area contributed by atoms with E-state index in [2.05, 4.69) is 10.3 Å². The van der Waals surface area contributed by atoms with Crippen molar-refractivity contribution in [3.8, 4) is 0 Å². The summed E-state index contributed by atoms with van der Waals surface area (Å²) in [5.41, 5.74) is 0.622. The standard InChI is InChI=1S/C6H8ClN3O/c1-2-10-5(3-4-8-10)6(7)9-11/h3-4,11H,2H2,1H3/b9-6-. The minimum absolute atomic E-state index is 0.0596. The molecule has 4 nitrogen and oxygen atoms in total. The highest BCUT2D eigenvalue weighted by molar-refractivity contribution is 6.69. The Hall–Kier alpha value is -1.03. The molecule has 0 amide bonds. The van der Waals surface area contributed by atoms with Gasteiger partial charge in [-0.15, -0.1) is 0 Å². The molecule has 11 heavy (non-hydrogen) atoms. The van der Waals surface area contributed by atoms with Crippen LogP contribution in [0.4, 0.5) is 0 Å². The Labute approximate surface area is 69.1 Å². The van der Waals surface area contributed by atoms with E-state index >= 15 is 0 Å². The molecule has 0 unspecified atom stereocenters. The topological polar surface area (TPSA) is 50.4 Å². The lowest BCUT2D eigenvalue weighted by Crippen LogP contribution is -2.05. The number of rotatable bonds is 2. The largest absolute Gasteiger partial charge is 0.410 e. The van der Waals surface area contributed by atoms with Crippen LogP contribution in [-0.4, -0.2) is 20.2 Å². The molecule has 0 bridgehead atoms. The van der Waals surface area contributed by atoms with Gasteiger partial charge >= 0.3 is 0 Å². The number of oxime groups is 1. The van der Waals surface area contributed by atoms with Gasteiger partial charge in [-0.1, -0.05) is 16.8 Å². The normalized spacial score (nSPS) is 12.0. The number of halogens is 1. The molecule has 1 N–H and O–H groups in total. The molecule has 0 fully saturated rings. The van der Waals surface area contributed by atoms with Crippen molar-refractivity contribution in [2.45, 2.75) is 13.5 Å². The van der Waals surface area contributed by atoms with Crippen molar-refractivity contribution in [2.24, 2.45) is 5.16 Å². The third-order valence-electron chi connectivity index (χ3n) is 1.32. The lowest BCUT2D eigenvalue weighted by molar-refractivity contribution is 0.320. The third-order valence-corrected chi connectivity index (χ3v) is 1.58. The Morgan fingerprint density at radius 2 is 2.64 bits per heavy atom. The Morgan fingerprint density at radius 1 is 1.91 bits per heavy atom. The summed E-state index contributed by atoms with van der Waals surface area (Å²) >= 11 is 5.56. The Morgan fingerprint density at radius 3 is 3.18 bits per heavy atom. The first-order valence-electron chi connectivity index (χ1n) is 3.19. The van der Waals surface area contributed by atoms with Crippen LogP contribution in [0.3, 0.4) is 0 Å². The van der Waals surface area contributed by atoms with E-state index in [4.69, 9.17) is 16.8 Å². The molecule has 0 aliphatic rings. The fourth-order valence-corrected chi connectivity index (χ4v) is 0.972. The summed E-state index contributed by atoms with van der Waals surface area (Å²) in [5, 5.41) is 15.2. The maximum atomic E-state index is 8.34. The van der Waals surface area contributed by atoms with Crippen molar-refractivity contribution in [1.29, 1.82) is 0 Å². The van der Waals surface area contributed by atoms with Crippen LogP contribution in [0.5, 0.6) is 0 Å². The van der Waals surface area contributed by atoms with Crippen LogP contribution in [-0.2, 0) is 6.54 Å². The predicted octanol–water partition coefficient (Wildman–Crippen LogP) is 1.28. The van der Waals surface area contributed by atoms with Crippen molar-refractivity contribution in [2.75, 3.05) is 0 Å². The quantitative estimate of drug-likeness (QED) is 0.416. The summed E-state index contributed by atoms with van der Waals surface area (Å²) in [4.78, 5) is 0. The zero-order valence-corrected chi connectivity index (χ0v) is 6.78. The van der Waals surface area contributed by atoms with Gasteiger partial charge in [-0.05, 0) is 13.0 Å². The van der Waals surface area contributed by atoms with E-state index in [-0.39, 0.29) is 5.17 Å². The van der Waals surface area contributed by atoms with Gasteiger partial charge in [0.25, 0.3) is 0 Å². The molecule has 1 rings (SSSR count). The van der Waals surface area contributed by atoms with Crippen molar-refractivity contribution < 1.29 is 5.21 Å². The number of aryl methyl sites for hydroxylation is 1. The molecule has 1 aromatic heterocycles. The highest BCUT2D eigenvalue weighted by Crippen LogP contribution is 2.03. The zero-order chi connectivity index (χ0) is 8.27. The fraction of sp³-hybridized carbons (Fsp3) is 0.333. The number of nitrogens with zero attached hydrogens (tertiary/aromatic N) is 3. The highest BCUT2D eigenvalue weighted by atomic mass is 35.5. The van der Waals surface area contributed by atoms with Crippen LogP contribution in [0.25, 0.3) is 0 Å². The van der Waals surface area contributed by atoms with E-state index in [9.17, 15) is 0 Å². The maximum absolute atomic E-state index is 8.34. The number of aromatic nitrogens is 2. The summed E-state index contributed by atoms with van der Waals surface area (Å²) in [7, 11) is 0. The third kappa shape index (κ3) is 1.51. The second-order valence-corrected chi connectivity index (χ2v) is 2.28.